The summed E-state index contributed by atoms with van der Waals surface area (Å²) in [6.45, 7) is 10.2. The maximum absolute atomic E-state index is 13.3. The van der Waals surface area contributed by atoms with Crippen molar-refractivity contribution in [3.63, 3.8) is 0 Å². The fourth-order valence-electron chi connectivity index (χ4n) is 2.68. The minimum absolute atomic E-state index is 0.0631. The molecule has 0 aliphatic rings. The third-order valence-corrected chi connectivity index (χ3v) is 5.03. The van der Waals surface area contributed by atoms with E-state index in [1.165, 1.54) is 5.56 Å². The standard InChI is InChI=1S/C20H24N2OS/c1-12-7-9-22(10-8-12)18(20(24)21-6)19(23)17-11-13(2)14(3)15(4)16(17)5/h7-11H,1-6H3,(H-,21,23,24). The normalized spacial score (nSPS) is 11.9. The van der Waals surface area contributed by atoms with Crippen LogP contribution in [-0.2, 0) is 0 Å². The average molecular weight is 340 g/mol. The van der Waals surface area contributed by atoms with Gasteiger partial charge in [-0.1, -0.05) is 18.3 Å². The van der Waals surface area contributed by atoms with Crippen LogP contribution in [0.1, 0.15) is 33.4 Å². The third kappa shape index (κ3) is 3.34. The Kier molecular flexibility index (Phi) is 5.40. The molecule has 0 aliphatic heterocycles. The highest BCUT2D eigenvalue weighted by Crippen LogP contribution is 2.26. The van der Waals surface area contributed by atoms with Gasteiger partial charge in [0, 0.05) is 19.2 Å². The summed E-state index contributed by atoms with van der Waals surface area (Å²) in [5.74, 6) is -0.0631. The van der Waals surface area contributed by atoms with Crippen LogP contribution >= 0.6 is 12.2 Å². The number of pyridine rings is 1. The van der Waals surface area contributed by atoms with Gasteiger partial charge in [0.25, 0.3) is 0 Å². The van der Waals surface area contributed by atoms with Gasteiger partial charge in [0.1, 0.15) is 0 Å². The molecule has 0 amide bonds. The molecule has 0 fully saturated rings. The number of thiocarbonyl (C=S) groups is 1. The van der Waals surface area contributed by atoms with E-state index in [1.54, 1.807) is 11.6 Å². The Balaban J connectivity index is 2.76. The van der Waals surface area contributed by atoms with Gasteiger partial charge in [-0.3, -0.25) is 0 Å². The second-order valence-electron chi connectivity index (χ2n) is 6.16. The number of nitrogens with one attached hydrogen (secondary N) is 1. The molecule has 1 aromatic heterocycles. The van der Waals surface area contributed by atoms with Crippen LogP contribution in [0.25, 0.3) is 11.5 Å². The Labute approximate surface area is 149 Å². The van der Waals surface area contributed by atoms with Gasteiger partial charge in [-0.15, -0.1) is 0 Å². The van der Waals surface area contributed by atoms with Crippen molar-refractivity contribution < 1.29 is 9.67 Å². The summed E-state index contributed by atoms with van der Waals surface area (Å²) in [6.07, 6.45) is 3.74. The Morgan fingerprint density at radius 2 is 1.58 bits per heavy atom. The smallest absolute Gasteiger partial charge is 0.237 e. The second-order valence-corrected chi connectivity index (χ2v) is 6.56. The van der Waals surface area contributed by atoms with Gasteiger partial charge in [0.15, 0.2) is 17.4 Å². The fourth-order valence-corrected chi connectivity index (χ4v) is 2.88. The minimum atomic E-state index is -0.0631. The Bertz CT molecular complexity index is 821. The third-order valence-electron chi connectivity index (χ3n) is 4.64. The van der Waals surface area contributed by atoms with E-state index >= 15 is 0 Å². The summed E-state index contributed by atoms with van der Waals surface area (Å²) >= 11 is 5.41. The summed E-state index contributed by atoms with van der Waals surface area (Å²) in [5, 5.41) is 16.2. The Morgan fingerprint density at radius 1 is 1.00 bits per heavy atom. The second kappa shape index (κ2) is 7.14. The monoisotopic (exact) mass is 340 g/mol. The summed E-state index contributed by atoms with van der Waals surface area (Å²) < 4.78 is 1.79. The van der Waals surface area contributed by atoms with Crippen molar-refractivity contribution in [3.05, 3.63) is 64.0 Å². The van der Waals surface area contributed by atoms with Crippen LogP contribution < -0.4 is 15.0 Å². The molecule has 0 atom stereocenters. The topological polar surface area (TPSA) is 39.0 Å². The molecule has 126 valence electrons. The highest BCUT2D eigenvalue weighted by atomic mass is 32.1. The molecule has 0 saturated heterocycles. The highest BCUT2D eigenvalue weighted by molar-refractivity contribution is 7.81. The number of benzene rings is 1. The maximum atomic E-state index is 13.3. The molecule has 1 heterocycles. The van der Waals surface area contributed by atoms with Crippen LogP contribution in [0.2, 0.25) is 0 Å². The van der Waals surface area contributed by atoms with Crippen LogP contribution in [0, 0.1) is 34.6 Å². The van der Waals surface area contributed by atoms with E-state index < -0.39 is 0 Å². The quantitative estimate of drug-likeness (QED) is 0.404. The number of likely N-dealkylation sites (N-methyl/N-ethyl adjacent to an activating group) is 1. The van der Waals surface area contributed by atoms with Gasteiger partial charge >= 0.3 is 0 Å². The van der Waals surface area contributed by atoms with Crippen molar-refractivity contribution in [1.82, 2.24) is 5.32 Å². The molecule has 0 saturated carbocycles. The minimum Gasteiger partial charge on any atom is -0.867 e. The molecule has 2 aromatic rings. The molecule has 0 unspecified atom stereocenters. The first-order valence-electron chi connectivity index (χ1n) is 7.97. The number of hydrogen-bond acceptors (Lipinski definition) is 2. The zero-order valence-electron chi connectivity index (χ0n) is 15.2. The molecule has 2 rings (SSSR count). The predicted octanol–water partition coefficient (Wildman–Crippen LogP) is 2.75. The number of aryl methyl sites for hydroxylation is 2. The van der Waals surface area contributed by atoms with E-state index in [2.05, 4.69) is 19.2 Å². The van der Waals surface area contributed by atoms with E-state index in [1.807, 2.05) is 51.4 Å². The summed E-state index contributed by atoms with van der Waals surface area (Å²) in [5.41, 5.74) is 6.81. The molecule has 1 aromatic carbocycles. The summed E-state index contributed by atoms with van der Waals surface area (Å²) in [6, 6.07) is 5.89. The Hall–Kier alpha value is -2.20. The van der Waals surface area contributed by atoms with Crippen LogP contribution in [0.4, 0.5) is 0 Å². The lowest BCUT2D eigenvalue weighted by Crippen LogP contribution is -2.41. The molecule has 0 spiro atoms. The number of hydrogen-bond donors (Lipinski definition) is 1. The van der Waals surface area contributed by atoms with Crippen molar-refractivity contribution in [2.24, 2.45) is 0 Å². The van der Waals surface area contributed by atoms with Gasteiger partial charge in [0.2, 0.25) is 5.70 Å². The van der Waals surface area contributed by atoms with E-state index in [4.69, 9.17) is 12.2 Å². The van der Waals surface area contributed by atoms with E-state index in [9.17, 15) is 5.11 Å². The SMILES string of the molecule is CNC(=S)/C(=C(/[O-])c1cc(C)c(C)c(C)c1C)[n+]1ccc(C)cc1. The van der Waals surface area contributed by atoms with Crippen LogP contribution in [0.5, 0.6) is 0 Å². The van der Waals surface area contributed by atoms with Crippen molar-refractivity contribution in [3.8, 4) is 0 Å². The molecular weight excluding hydrogens is 316 g/mol. The molecule has 0 radical (unpaired) electrons. The number of aromatic nitrogens is 1. The van der Waals surface area contributed by atoms with Crippen LogP contribution in [-0.4, -0.2) is 12.0 Å². The van der Waals surface area contributed by atoms with Crippen molar-refractivity contribution in [1.29, 1.82) is 0 Å². The molecule has 3 nitrogen and oxygen atoms in total. The van der Waals surface area contributed by atoms with Crippen LogP contribution in [0.3, 0.4) is 0 Å². The van der Waals surface area contributed by atoms with E-state index in [0.29, 0.717) is 16.2 Å². The molecule has 0 bridgehead atoms. The van der Waals surface area contributed by atoms with Crippen molar-refractivity contribution in [2.75, 3.05) is 7.05 Å². The van der Waals surface area contributed by atoms with Gasteiger partial charge < -0.3 is 10.4 Å². The molecule has 1 N–H and O–H groups in total. The highest BCUT2D eigenvalue weighted by Gasteiger charge is 2.19. The molecule has 24 heavy (non-hydrogen) atoms. The zero-order chi connectivity index (χ0) is 18.0. The molecular formula is C20H24N2OS. The fraction of sp³-hybridized carbons (Fsp3) is 0.300. The van der Waals surface area contributed by atoms with Gasteiger partial charge in [-0.25, -0.2) is 0 Å². The van der Waals surface area contributed by atoms with Gasteiger partial charge in [-0.05, 0) is 73.8 Å². The van der Waals surface area contributed by atoms with Crippen LogP contribution in [0.15, 0.2) is 30.6 Å². The number of nitrogens with zero attached hydrogens (tertiary/aromatic N) is 1. The lowest BCUT2D eigenvalue weighted by molar-refractivity contribution is -0.578. The van der Waals surface area contributed by atoms with Gasteiger partial charge in [0.05, 0.1) is 0 Å². The van der Waals surface area contributed by atoms with E-state index in [0.717, 1.165) is 22.3 Å². The summed E-state index contributed by atoms with van der Waals surface area (Å²) in [4.78, 5) is 0.434. The van der Waals surface area contributed by atoms with Crippen molar-refractivity contribution >= 4 is 28.7 Å². The first-order chi connectivity index (χ1) is 11.3. The summed E-state index contributed by atoms with van der Waals surface area (Å²) in [7, 11) is 1.74. The maximum Gasteiger partial charge on any atom is 0.237 e. The lowest BCUT2D eigenvalue weighted by atomic mass is 9.93. The number of rotatable bonds is 3. The molecule has 0 aliphatic carbocycles. The van der Waals surface area contributed by atoms with Gasteiger partial charge in [-0.2, -0.15) is 4.57 Å². The van der Waals surface area contributed by atoms with Crippen molar-refractivity contribution in [2.45, 2.75) is 34.6 Å². The Morgan fingerprint density at radius 3 is 2.12 bits per heavy atom. The zero-order valence-corrected chi connectivity index (χ0v) is 16.0. The largest absolute Gasteiger partial charge is 0.867 e. The first kappa shape index (κ1) is 18.1. The molecule has 4 heteroatoms. The first-order valence-corrected chi connectivity index (χ1v) is 8.38. The average Bonchev–Trinajstić information content (AvgIpc) is 2.57. The van der Waals surface area contributed by atoms with E-state index in [-0.39, 0.29) is 5.76 Å². The lowest BCUT2D eigenvalue weighted by Gasteiger charge is -2.21. The predicted molar refractivity (Wildman–Crippen MR) is 102 cm³/mol.